The maximum absolute atomic E-state index is 12.1. The lowest BCUT2D eigenvalue weighted by Crippen LogP contribution is -2.35. The van der Waals surface area contributed by atoms with Gasteiger partial charge in [0.05, 0.1) is 13.2 Å². The Balaban J connectivity index is 1.44. The monoisotopic (exact) mass is 318 g/mol. The summed E-state index contributed by atoms with van der Waals surface area (Å²) in [5.41, 5.74) is 2.46. The molecular formula is C18H26N2O3. The molecule has 0 unspecified atom stereocenters. The predicted molar refractivity (Wildman–Crippen MR) is 87.9 cm³/mol. The van der Waals surface area contributed by atoms with Gasteiger partial charge in [-0.05, 0) is 24.0 Å². The van der Waals surface area contributed by atoms with Gasteiger partial charge in [0, 0.05) is 45.3 Å². The number of carbonyl (C=O) groups is 1. The zero-order valence-electron chi connectivity index (χ0n) is 13.6. The van der Waals surface area contributed by atoms with Crippen molar-refractivity contribution >= 4 is 5.91 Å². The molecule has 3 rings (SSSR count). The third-order valence-electron chi connectivity index (χ3n) is 4.59. The highest BCUT2D eigenvalue weighted by Crippen LogP contribution is 2.15. The summed E-state index contributed by atoms with van der Waals surface area (Å²) in [6.45, 7) is 6.65. The summed E-state index contributed by atoms with van der Waals surface area (Å²) < 4.78 is 10.7. The molecular weight excluding hydrogens is 292 g/mol. The first kappa shape index (κ1) is 16.4. The van der Waals surface area contributed by atoms with Crippen molar-refractivity contribution in [2.45, 2.75) is 25.9 Å². The van der Waals surface area contributed by atoms with Gasteiger partial charge in [-0.25, -0.2) is 0 Å². The average molecular weight is 318 g/mol. The maximum atomic E-state index is 12.1. The zero-order chi connectivity index (χ0) is 15.9. The quantitative estimate of drug-likeness (QED) is 0.895. The SMILES string of the molecule is O=C(NCc1ccc(CN2CCOCC2)cc1)C1CCOCC1. The van der Waals surface area contributed by atoms with Crippen LogP contribution in [0.2, 0.25) is 0 Å². The maximum Gasteiger partial charge on any atom is 0.223 e. The molecule has 2 aliphatic heterocycles. The molecule has 0 saturated carbocycles. The Morgan fingerprint density at radius 2 is 1.61 bits per heavy atom. The molecule has 0 bridgehead atoms. The summed E-state index contributed by atoms with van der Waals surface area (Å²) >= 11 is 0. The lowest BCUT2D eigenvalue weighted by Gasteiger charge is -2.26. The Labute approximate surface area is 137 Å². The summed E-state index contributed by atoms with van der Waals surface area (Å²) in [7, 11) is 0. The molecule has 1 N–H and O–H groups in total. The molecule has 0 aromatic heterocycles. The molecule has 23 heavy (non-hydrogen) atoms. The smallest absolute Gasteiger partial charge is 0.223 e. The topological polar surface area (TPSA) is 50.8 Å². The molecule has 5 heteroatoms. The van der Waals surface area contributed by atoms with Crippen LogP contribution < -0.4 is 5.32 Å². The van der Waals surface area contributed by atoms with E-state index in [-0.39, 0.29) is 11.8 Å². The van der Waals surface area contributed by atoms with Gasteiger partial charge in [0.1, 0.15) is 0 Å². The van der Waals surface area contributed by atoms with Crippen LogP contribution in [0, 0.1) is 5.92 Å². The number of carbonyl (C=O) groups excluding carboxylic acids is 1. The fourth-order valence-electron chi connectivity index (χ4n) is 3.07. The van der Waals surface area contributed by atoms with Crippen LogP contribution in [0.1, 0.15) is 24.0 Å². The molecule has 2 fully saturated rings. The number of hydrogen-bond donors (Lipinski definition) is 1. The van der Waals surface area contributed by atoms with Crippen molar-refractivity contribution in [1.29, 1.82) is 0 Å². The number of benzene rings is 1. The second-order valence-corrected chi connectivity index (χ2v) is 6.31. The third-order valence-corrected chi connectivity index (χ3v) is 4.59. The molecule has 0 aliphatic carbocycles. The van der Waals surface area contributed by atoms with Gasteiger partial charge in [0.25, 0.3) is 0 Å². The van der Waals surface area contributed by atoms with E-state index in [0.717, 1.165) is 51.3 Å². The number of ether oxygens (including phenoxy) is 2. The van der Waals surface area contributed by atoms with Crippen LogP contribution in [-0.4, -0.2) is 50.3 Å². The van der Waals surface area contributed by atoms with Crippen molar-refractivity contribution in [2.24, 2.45) is 5.92 Å². The van der Waals surface area contributed by atoms with E-state index in [1.165, 1.54) is 5.56 Å². The van der Waals surface area contributed by atoms with E-state index in [0.29, 0.717) is 19.8 Å². The Hall–Kier alpha value is -1.43. The number of amides is 1. The van der Waals surface area contributed by atoms with E-state index in [4.69, 9.17) is 9.47 Å². The van der Waals surface area contributed by atoms with Gasteiger partial charge in [-0.3, -0.25) is 9.69 Å². The van der Waals surface area contributed by atoms with Crippen LogP contribution in [0.15, 0.2) is 24.3 Å². The van der Waals surface area contributed by atoms with Crippen LogP contribution in [0.5, 0.6) is 0 Å². The average Bonchev–Trinajstić information content (AvgIpc) is 2.62. The van der Waals surface area contributed by atoms with Crippen molar-refractivity contribution in [3.8, 4) is 0 Å². The molecule has 2 heterocycles. The third kappa shape index (κ3) is 5.03. The Bertz CT molecular complexity index is 491. The fraction of sp³-hybridized carbons (Fsp3) is 0.611. The van der Waals surface area contributed by atoms with Crippen molar-refractivity contribution in [2.75, 3.05) is 39.5 Å². The van der Waals surface area contributed by atoms with Gasteiger partial charge in [-0.1, -0.05) is 24.3 Å². The van der Waals surface area contributed by atoms with Gasteiger partial charge >= 0.3 is 0 Å². The van der Waals surface area contributed by atoms with Gasteiger partial charge < -0.3 is 14.8 Å². The lowest BCUT2D eigenvalue weighted by molar-refractivity contribution is -0.128. The normalized spacial score (nSPS) is 20.3. The minimum Gasteiger partial charge on any atom is -0.381 e. The first-order chi connectivity index (χ1) is 11.3. The largest absolute Gasteiger partial charge is 0.381 e. The fourth-order valence-corrected chi connectivity index (χ4v) is 3.07. The Morgan fingerprint density at radius 3 is 2.30 bits per heavy atom. The van der Waals surface area contributed by atoms with E-state index < -0.39 is 0 Å². The molecule has 1 aromatic rings. The van der Waals surface area contributed by atoms with Crippen molar-refractivity contribution in [1.82, 2.24) is 10.2 Å². The number of nitrogens with one attached hydrogen (secondary N) is 1. The highest BCUT2D eigenvalue weighted by molar-refractivity contribution is 5.78. The molecule has 2 saturated heterocycles. The summed E-state index contributed by atoms with van der Waals surface area (Å²) in [5.74, 6) is 0.273. The molecule has 1 aromatic carbocycles. The zero-order valence-corrected chi connectivity index (χ0v) is 13.6. The Morgan fingerprint density at radius 1 is 1.00 bits per heavy atom. The van der Waals surface area contributed by atoms with Crippen LogP contribution in [0.4, 0.5) is 0 Å². The number of nitrogens with zero attached hydrogens (tertiary/aromatic N) is 1. The summed E-state index contributed by atoms with van der Waals surface area (Å²) in [6, 6.07) is 8.54. The molecule has 0 radical (unpaired) electrons. The van der Waals surface area contributed by atoms with E-state index in [1.54, 1.807) is 0 Å². The Kier molecular flexibility index (Phi) is 6.02. The number of morpholine rings is 1. The minimum absolute atomic E-state index is 0.115. The predicted octanol–water partition coefficient (Wildman–Crippen LogP) is 1.56. The van der Waals surface area contributed by atoms with Crippen LogP contribution in [0.3, 0.4) is 0 Å². The van der Waals surface area contributed by atoms with E-state index in [9.17, 15) is 4.79 Å². The highest BCUT2D eigenvalue weighted by Gasteiger charge is 2.21. The molecule has 0 spiro atoms. The van der Waals surface area contributed by atoms with Gasteiger partial charge in [0.15, 0.2) is 0 Å². The molecule has 0 atom stereocenters. The van der Waals surface area contributed by atoms with Crippen LogP contribution in [0.25, 0.3) is 0 Å². The second kappa shape index (κ2) is 8.43. The molecule has 126 valence electrons. The van der Waals surface area contributed by atoms with E-state index in [2.05, 4.69) is 34.5 Å². The van der Waals surface area contributed by atoms with Gasteiger partial charge in [0.2, 0.25) is 5.91 Å². The summed E-state index contributed by atoms with van der Waals surface area (Å²) in [5, 5.41) is 3.05. The molecule has 5 nitrogen and oxygen atoms in total. The summed E-state index contributed by atoms with van der Waals surface area (Å²) in [4.78, 5) is 14.5. The van der Waals surface area contributed by atoms with Gasteiger partial charge in [-0.2, -0.15) is 0 Å². The van der Waals surface area contributed by atoms with Crippen LogP contribution in [-0.2, 0) is 27.4 Å². The van der Waals surface area contributed by atoms with Gasteiger partial charge in [-0.15, -0.1) is 0 Å². The summed E-state index contributed by atoms with van der Waals surface area (Å²) in [6.07, 6.45) is 1.68. The minimum atomic E-state index is 0.115. The van der Waals surface area contributed by atoms with Crippen molar-refractivity contribution in [3.05, 3.63) is 35.4 Å². The highest BCUT2D eigenvalue weighted by atomic mass is 16.5. The lowest BCUT2D eigenvalue weighted by atomic mass is 9.99. The molecule has 2 aliphatic rings. The van der Waals surface area contributed by atoms with E-state index in [1.807, 2.05) is 0 Å². The van der Waals surface area contributed by atoms with Crippen LogP contribution >= 0.6 is 0 Å². The standard InChI is InChI=1S/C18H26N2O3/c21-18(17-5-9-22-10-6-17)19-13-15-1-3-16(4-2-15)14-20-7-11-23-12-8-20/h1-4,17H,5-14H2,(H,19,21). The second-order valence-electron chi connectivity index (χ2n) is 6.31. The first-order valence-electron chi connectivity index (χ1n) is 8.54. The van der Waals surface area contributed by atoms with Crippen molar-refractivity contribution in [3.63, 3.8) is 0 Å². The molecule has 1 amide bonds. The van der Waals surface area contributed by atoms with E-state index >= 15 is 0 Å². The number of hydrogen-bond acceptors (Lipinski definition) is 4. The number of rotatable bonds is 5. The first-order valence-corrected chi connectivity index (χ1v) is 8.54. The van der Waals surface area contributed by atoms with Crippen molar-refractivity contribution < 1.29 is 14.3 Å².